The Kier molecular flexibility index (Phi) is 5.93. The van der Waals surface area contributed by atoms with E-state index >= 15 is 0 Å². The summed E-state index contributed by atoms with van der Waals surface area (Å²) in [6.45, 7) is 9.95. The molecule has 4 nitrogen and oxygen atoms in total. The molecule has 1 atom stereocenters. The number of allylic oxidation sites excluding steroid dienone is 1. The Balaban J connectivity index is 4.23. The van der Waals surface area contributed by atoms with Gasteiger partial charge in [0.05, 0.1) is 0 Å². The van der Waals surface area contributed by atoms with Gasteiger partial charge < -0.3 is 10.4 Å². The van der Waals surface area contributed by atoms with Gasteiger partial charge in [-0.15, -0.1) is 0 Å². The fourth-order valence-corrected chi connectivity index (χ4v) is 1.88. The SMILES string of the molecule is C/C=C(/NC(=O)CC(C)CC(C)(C)C)C(=O)O. The van der Waals surface area contributed by atoms with Gasteiger partial charge in [-0.05, 0) is 24.7 Å². The van der Waals surface area contributed by atoms with Crippen molar-refractivity contribution in [2.45, 2.75) is 47.5 Å². The molecule has 0 saturated heterocycles. The molecule has 0 aliphatic carbocycles. The molecular weight excluding hydrogens is 218 g/mol. The van der Waals surface area contributed by atoms with Crippen molar-refractivity contribution >= 4 is 11.9 Å². The zero-order valence-electron chi connectivity index (χ0n) is 11.3. The van der Waals surface area contributed by atoms with Gasteiger partial charge in [-0.25, -0.2) is 4.79 Å². The van der Waals surface area contributed by atoms with Gasteiger partial charge in [0.1, 0.15) is 5.70 Å². The third kappa shape index (κ3) is 7.55. The number of hydrogen-bond acceptors (Lipinski definition) is 2. The van der Waals surface area contributed by atoms with Crippen molar-refractivity contribution in [3.8, 4) is 0 Å². The predicted molar refractivity (Wildman–Crippen MR) is 67.4 cm³/mol. The van der Waals surface area contributed by atoms with Gasteiger partial charge in [0.2, 0.25) is 5.91 Å². The second-order valence-corrected chi connectivity index (χ2v) is 5.63. The van der Waals surface area contributed by atoms with E-state index in [4.69, 9.17) is 5.11 Å². The van der Waals surface area contributed by atoms with Gasteiger partial charge in [0, 0.05) is 6.42 Å². The van der Waals surface area contributed by atoms with Gasteiger partial charge in [0.15, 0.2) is 0 Å². The first-order valence-corrected chi connectivity index (χ1v) is 5.85. The summed E-state index contributed by atoms with van der Waals surface area (Å²) in [4.78, 5) is 22.3. The molecule has 0 fully saturated rings. The third-order valence-electron chi connectivity index (χ3n) is 2.29. The summed E-state index contributed by atoms with van der Waals surface area (Å²) in [7, 11) is 0. The number of carbonyl (C=O) groups excluding carboxylic acids is 1. The van der Waals surface area contributed by atoms with Gasteiger partial charge in [-0.2, -0.15) is 0 Å². The molecule has 0 aromatic carbocycles. The van der Waals surface area contributed by atoms with Crippen LogP contribution in [0.2, 0.25) is 0 Å². The first kappa shape index (κ1) is 15.7. The van der Waals surface area contributed by atoms with Crippen LogP contribution in [0.5, 0.6) is 0 Å². The molecule has 0 aliphatic rings. The number of carbonyl (C=O) groups is 2. The second-order valence-electron chi connectivity index (χ2n) is 5.63. The van der Waals surface area contributed by atoms with E-state index in [0.29, 0.717) is 6.42 Å². The van der Waals surface area contributed by atoms with Crippen molar-refractivity contribution in [3.05, 3.63) is 11.8 Å². The maximum Gasteiger partial charge on any atom is 0.352 e. The molecule has 4 heteroatoms. The van der Waals surface area contributed by atoms with Crippen LogP contribution >= 0.6 is 0 Å². The summed E-state index contributed by atoms with van der Waals surface area (Å²) in [6, 6.07) is 0. The van der Waals surface area contributed by atoms with Crippen molar-refractivity contribution in [1.82, 2.24) is 5.32 Å². The van der Waals surface area contributed by atoms with Crippen LogP contribution < -0.4 is 5.32 Å². The van der Waals surface area contributed by atoms with Crippen LogP contribution in [0.15, 0.2) is 11.8 Å². The largest absolute Gasteiger partial charge is 0.477 e. The molecule has 0 saturated carbocycles. The second kappa shape index (κ2) is 6.42. The van der Waals surface area contributed by atoms with Gasteiger partial charge in [-0.3, -0.25) is 4.79 Å². The van der Waals surface area contributed by atoms with Crippen molar-refractivity contribution in [1.29, 1.82) is 0 Å². The maximum absolute atomic E-state index is 11.6. The summed E-state index contributed by atoms with van der Waals surface area (Å²) in [5.74, 6) is -1.11. The lowest BCUT2D eigenvalue weighted by Gasteiger charge is -2.22. The lowest BCUT2D eigenvalue weighted by molar-refractivity contribution is -0.134. The van der Waals surface area contributed by atoms with E-state index in [9.17, 15) is 9.59 Å². The number of nitrogens with one attached hydrogen (secondary N) is 1. The quantitative estimate of drug-likeness (QED) is 0.727. The van der Waals surface area contributed by atoms with Crippen LogP contribution in [0.25, 0.3) is 0 Å². The molecule has 0 spiro atoms. The predicted octanol–water partition coefficient (Wildman–Crippen LogP) is 2.55. The topological polar surface area (TPSA) is 66.4 Å². The van der Waals surface area contributed by atoms with Crippen LogP contribution in [0.3, 0.4) is 0 Å². The minimum atomic E-state index is -1.11. The van der Waals surface area contributed by atoms with E-state index in [1.807, 2.05) is 6.92 Å². The van der Waals surface area contributed by atoms with E-state index < -0.39 is 5.97 Å². The zero-order valence-corrected chi connectivity index (χ0v) is 11.3. The molecule has 0 aromatic heterocycles. The lowest BCUT2D eigenvalue weighted by Crippen LogP contribution is -2.29. The van der Waals surface area contributed by atoms with Crippen LogP contribution in [0.4, 0.5) is 0 Å². The maximum atomic E-state index is 11.6. The summed E-state index contributed by atoms with van der Waals surface area (Å²) in [5.41, 5.74) is 0.119. The molecule has 17 heavy (non-hydrogen) atoms. The van der Waals surface area contributed by atoms with Crippen molar-refractivity contribution in [2.24, 2.45) is 11.3 Å². The highest BCUT2D eigenvalue weighted by molar-refractivity contribution is 5.92. The van der Waals surface area contributed by atoms with Crippen molar-refractivity contribution in [3.63, 3.8) is 0 Å². The summed E-state index contributed by atoms with van der Waals surface area (Å²) in [6.07, 6.45) is 2.66. The molecule has 2 N–H and O–H groups in total. The van der Waals surface area contributed by atoms with E-state index in [-0.39, 0.29) is 22.9 Å². The van der Waals surface area contributed by atoms with Gasteiger partial charge in [0.25, 0.3) is 0 Å². The lowest BCUT2D eigenvalue weighted by atomic mass is 9.84. The minimum Gasteiger partial charge on any atom is -0.477 e. The monoisotopic (exact) mass is 241 g/mol. The Labute approximate surface area is 103 Å². The molecule has 0 radical (unpaired) electrons. The molecule has 98 valence electrons. The Bertz CT molecular complexity index is 313. The van der Waals surface area contributed by atoms with E-state index in [1.54, 1.807) is 6.92 Å². The Morgan fingerprint density at radius 1 is 1.35 bits per heavy atom. The highest BCUT2D eigenvalue weighted by Crippen LogP contribution is 2.25. The number of amides is 1. The van der Waals surface area contributed by atoms with E-state index in [2.05, 4.69) is 26.1 Å². The van der Waals surface area contributed by atoms with E-state index in [0.717, 1.165) is 6.42 Å². The Morgan fingerprint density at radius 3 is 2.24 bits per heavy atom. The molecule has 0 rings (SSSR count). The standard InChI is InChI=1S/C13H23NO3/c1-6-10(12(16)17)14-11(15)7-9(2)8-13(3,4)5/h6,9H,7-8H2,1-5H3,(H,14,15)(H,16,17)/b10-6+. The molecule has 1 amide bonds. The smallest absolute Gasteiger partial charge is 0.352 e. The number of carboxylic acid groups (broad SMARTS) is 1. The average molecular weight is 241 g/mol. The first-order valence-electron chi connectivity index (χ1n) is 5.85. The molecule has 0 bridgehead atoms. The number of hydrogen-bond donors (Lipinski definition) is 2. The molecule has 0 aromatic rings. The minimum absolute atomic E-state index is 0.0574. The average Bonchev–Trinajstić information content (AvgIpc) is 2.09. The summed E-state index contributed by atoms with van der Waals surface area (Å²) >= 11 is 0. The van der Waals surface area contributed by atoms with Gasteiger partial charge in [-0.1, -0.05) is 33.8 Å². The number of rotatable bonds is 5. The van der Waals surface area contributed by atoms with Gasteiger partial charge >= 0.3 is 5.97 Å². The zero-order chi connectivity index (χ0) is 13.6. The van der Waals surface area contributed by atoms with Crippen LogP contribution in [0, 0.1) is 11.3 Å². The summed E-state index contributed by atoms with van der Waals surface area (Å²) < 4.78 is 0. The van der Waals surface area contributed by atoms with Crippen LogP contribution in [-0.4, -0.2) is 17.0 Å². The molecule has 1 unspecified atom stereocenters. The fourth-order valence-electron chi connectivity index (χ4n) is 1.88. The highest BCUT2D eigenvalue weighted by Gasteiger charge is 2.18. The Hall–Kier alpha value is -1.32. The third-order valence-corrected chi connectivity index (χ3v) is 2.29. The molecule has 0 heterocycles. The van der Waals surface area contributed by atoms with Crippen LogP contribution in [0.1, 0.15) is 47.5 Å². The number of aliphatic carboxylic acids is 1. The summed E-state index contributed by atoms with van der Waals surface area (Å²) in [5, 5.41) is 11.2. The van der Waals surface area contributed by atoms with Crippen molar-refractivity contribution < 1.29 is 14.7 Å². The normalized spacial score (nSPS) is 14.3. The van der Waals surface area contributed by atoms with E-state index in [1.165, 1.54) is 6.08 Å². The molecule has 0 aliphatic heterocycles. The number of carboxylic acids is 1. The molecular formula is C13H23NO3. The van der Waals surface area contributed by atoms with Crippen LogP contribution in [-0.2, 0) is 9.59 Å². The first-order chi connectivity index (χ1) is 7.65. The Morgan fingerprint density at radius 2 is 1.88 bits per heavy atom. The highest BCUT2D eigenvalue weighted by atomic mass is 16.4. The fraction of sp³-hybridized carbons (Fsp3) is 0.692. The van der Waals surface area contributed by atoms with Crippen molar-refractivity contribution in [2.75, 3.05) is 0 Å².